The van der Waals surface area contributed by atoms with Gasteiger partial charge in [0, 0.05) is 13.0 Å². The first-order valence-electron chi connectivity index (χ1n) is 6.76. The van der Waals surface area contributed by atoms with E-state index in [1.807, 2.05) is 0 Å². The summed E-state index contributed by atoms with van der Waals surface area (Å²) in [6, 6.07) is 2.16. The number of nitrogens with one attached hydrogen (secondary N) is 1. The standard InChI is InChI=1S/C16H23NO3/c1-10-8-11(2)13(4)14(12(10)3)9-17-15(18)6-7-16(19)20-5/h8H,6-7,9H2,1-5H3,(H,17,18). The molecule has 0 aliphatic rings. The molecule has 0 radical (unpaired) electrons. The summed E-state index contributed by atoms with van der Waals surface area (Å²) in [5, 5.41) is 2.87. The SMILES string of the molecule is COC(=O)CCC(=O)NCc1c(C)c(C)cc(C)c1C. The maximum absolute atomic E-state index is 11.7. The molecule has 1 rings (SSSR count). The van der Waals surface area contributed by atoms with Crippen molar-refractivity contribution in [2.75, 3.05) is 7.11 Å². The number of methoxy groups -OCH3 is 1. The zero-order valence-corrected chi connectivity index (χ0v) is 12.9. The highest BCUT2D eigenvalue weighted by Gasteiger charge is 2.11. The zero-order chi connectivity index (χ0) is 15.3. The molecule has 0 heterocycles. The molecular formula is C16H23NO3. The lowest BCUT2D eigenvalue weighted by atomic mass is 9.94. The number of carbonyl (C=O) groups is 2. The minimum atomic E-state index is -0.362. The van der Waals surface area contributed by atoms with Gasteiger partial charge in [0.2, 0.25) is 5.91 Å². The van der Waals surface area contributed by atoms with Crippen LogP contribution in [0, 0.1) is 27.7 Å². The second-order valence-corrected chi connectivity index (χ2v) is 5.09. The number of benzene rings is 1. The number of aryl methyl sites for hydroxylation is 2. The predicted octanol–water partition coefficient (Wildman–Crippen LogP) is 2.49. The molecule has 0 bridgehead atoms. The molecule has 4 heteroatoms. The Morgan fingerprint density at radius 3 is 2.10 bits per heavy atom. The molecule has 0 atom stereocenters. The van der Waals surface area contributed by atoms with Gasteiger partial charge in [0.05, 0.1) is 13.5 Å². The van der Waals surface area contributed by atoms with E-state index >= 15 is 0 Å². The van der Waals surface area contributed by atoms with Gasteiger partial charge < -0.3 is 10.1 Å². The maximum Gasteiger partial charge on any atom is 0.306 e. The molecule has 1 amide bonds. The second-order valence-electron chi connectivity index (χ2n) is 5.09. The number of esters is 1. The van der Waals surface area contributed by atoms with Crippen LogP contribution >= 0.6 is 0 Å². The van der Waals surface area contributed by atoms with Crippen molar-refractivity contribution in [3.63, 3.8) is 0 Å². The van der Waals surface area contributed by atoms with Crippen LogP contribution in [0.2, 0.25) is 0 Å². The Morgan fingerprint density at radius 1 is 1.05 bits per heavy atom. The summed E-state index contributed by atoms with van der Waals surface area (Å²) >= 11 is 0. The summed E-state index contributed by atoms with van der Waals surface area (Å²) in [6.45, 7) is 8.78. The first-order valence-corrected chi connectivity index (χ1v) is 6.76. The van der Waals surface area contributed by atoms with Crippen LogP contribution in [-0.2, 0) is 20.9 Å². The fraction of sp³-hybridized carbons (Fsp3) is 0.500. The van der Waals surface area contributed by atoms with Gasteiger partial charge in [-0.1, -0.05) is 6.07 Å². The van der Waals surface area contributed by atoms with Crippen molar-refractivity contribution >= 4 is 11.9 Å². The smallest absolute Gasteiger partial charge is 0.306 e. The number of ether oxygens (including phenoxy) is 1. The van der Waals surface area contributed by atoms with Gasteiger partial charge in [0.15, 0.2) is 0 Å². The van der Waals surface area contributed by atoms with Crippen LogP contribution in [0.1, 0.15) is 40.7 Å². The molecule has 0 saturated carbocycles. The minimum Gasteiger partial charge on any atom is -0.469 e. The highest BCUT2D eigenvalue weighted by Crippen LogP contribution is 2.21. The summed E-state index contributed by atoms with van der Waals surface area (Å²) in [7, 11) is 1.32. The van der Waals surface area contributed by atoms with Crippen molar-refractivity contribution in [2.45, 2.75) is 47.1 Å². The van der Waals surface area contributed by atoms with Crippen LogP contribution < -0.4 is 5.32 Å². The van der Waals surface area contributed by atoms with Gasteiger partial charge in [0.25, 0.3) is 0 Å². The Labute approximate surface area is 120 Å². The normalized spacial score (nSPS) is 10.2. The van der Waals surface area contributed by atoms with Crippen LogP contribution in [0.15, 0.2) is 6.07 Å². The van der Waals surface area contributed by atoms with E-state index in [1.165, 1.54) is 29.4 Å². The van der Waals surface area contributed by atoms with E-state index in [0.29, 0.717) is 6.54 Å². The highest BCUT2D eigenvalue weighted by atomic mass is 16.5. The molecule has 0 fully saturated rings. The third-order valence-electron chi connectivity index (χ3n) is 3.77. The summed E-state index contributed by atoms with van der Waals surface area (Å²) in [5.41, 5.74) is 6.04. The fourth-order valence-electron chi connectivity index (χ4n) is 2.16. The number of amides is 1. The average molecular weight is 277 g/mol. The van der Waals surface area contributed by atoms with E-state index in [0.717, 1.165) is 5.56 Å². The lowest BCUT2D eigenvalue weighted by Crippen LogP contribution is -2.24. The van der Waals surface area contributed by atoms with E-state index in [-0.39, 0.29) is 24.7 Å². The van der Waals surface area contributed by atoms with Crippen molar-refractivity contribution in [3.8, 4) is 0 Å². The monoisotopic (exact) mass is 277 g/mol. The molecule has 0 aliphatic heterocycles. The molecule has 0 spiro atoms. The lowest BCUT2D eigenvalue weighted by molar-refractivity contribution is -0.142. The Morgan fingerprint density at radius 2 is 1.60 bits per heavy atom. The van der Waals surface area contributed by atoms with Crippen molar-refractivity contribution in [1.82, 2.24) is 5.32 Å². The Hall–Kier alpha value is -1.84. The van der Waals surface area contributed by atoms with E-state index in [1.54, 1.807) is 0 Å². The molecule has 0 unspecified atom stereocenters. The molecule has 0 aliphatic carbocycles. The number of rotatable bonds is 5. The van der Waals surface area contributed by atoms with Crippen LogP contribution in [0.5, 0.6) is 0 Å². The first-order chi connectivity index (χ1) is 9.36. The number of carbonyl (C=O) groups excluding carboxylic acids is 2. The molecule has 1 aromatic carbocycles. The average Bonchev–Trinajstić information content (AvgIpc) is 2.42. The zero-order valence-electron chi connectivity index (χ0n) is 12.9. The van der Waals surface area contributed by atoms with Gasteiger partial charge in [-0.25, -0.2) is 0 Å². The van der Waals surface area contributed by atoms with Crippen molar-refractivity contribution < 1.29 is 14.3 Å². The molecule has 110 valence electrons. The van der Waals surface area contributed by atoms with E-state index in [9.17, 15) is 9.59 Å². The Kier molecular flexibility index (Phi) is 5.74. The van der Waals surface area contributed by atoms with Gasteiger partial charge >= 0.3 is 5.97 Å². The summed E-state index contributed by atoms with van der Waals surface area (Å²) in [4.78, 5) is 22.7. The Bertz CT molecular complexity index is 495. The van der Waals surface area contributed by atoms with Crippen LogP contribution in [-0.4, -0.2) is 19.0 Å². The highest BCUT2D eigenvalue weighted by molar-refractivity contribution is 5.81. The van der Waals surface area contributed by atoms with Gasteiger partial charge in [-0.3, -0.25) is 9.59 Å². The number of hydrogen-bond acceptors (Lipinski definition) is 3. The predicted molar refractivity (Wildman–Crippen MR) is 78.5 cm³/mol. The maximum atomic E-state index is 11.7. The van der Waals surface area contributed by atoms with Gasteiger partial charge in [-0.2, -0.15) is 0 Å². The van der Waals surface area contributed by atoms with Crippen molar-refractivity contribution in [2.24, 2.45) is 0 Å². The van der Waals surface area contributed by atoms with Crippen LogP contribution in [0.4, 0.5) is 0 Å². The second kappa shape index (κ2) is 7.08. The van der Waals surface area contributed by atoms with Gasteiger partial charge in [-0.15, -0.1) is 0 Å². The third-order valence-corrected chi connectivity index (χ3v) is 3.77. The first kappa shape index (κ1) is 16.2. The molecule has 1 aromatic rings. The summed E-state index contributed by atoms with van der Waals surface area (Å²) < 4.78 is 4.51. The minimum absolute atomic E-state index is 0.118. The molecular weight excluding hydrogens is 254 g/mol. The van der Waals surface area contributed by atoms with E-state index in [4.69, 9.17) is 0 Å². The van der Waals surface area contributed by atoms with Crippen LogP contribution in [0.25, 0.3) is 0 Å². The molecule has 20 heavy (non-hydrogen) atoms. The quantitative estimate of drug-likeness (QED) is 0.841. The van der Waals surface area contributed by atoms with Gasteiger partial charge in [-0.05, 0) is 55.5 Å². The van der Waals surface area contributed by atoms with Gasteiger partial charge in [0.1, 0.15) is 0 Å². The fourth-order valence-corrected chi connectivity index (χ4v) is 2.16. The van der Waals surface area contributed by atoms with E-state index in [2.05, 4.69) is 43.8 Å². The van der Waals surface area contributed by atoms with Crippen molar-refractivity contribution in [3.05, 3.63) is 33.9 Å². The largest absolute Gasteiger partial charge is 0.469 e. The lowest BCUT2D eigenvalue weighted by Gasteiger charge is -2.15. The summed E-state index contributed by atoms with van der Waals surface area (Å²) in [5.74, 6) is -0.493. The molecule has 4 nitrogen and oxygen atoms in total. The third kappa shape index (κ3) is 4.08. The Balaban J connectivity index is 2.66. The van der Waals surface area contributed by atoms with Crippen LogP contribution in [0.3, 0.4) is 0 Å². The molecule has 0 saturated heterocycles. The topological polar surface area (TPSA) is 55.4 Å². The van der Waals surface area contributed by atoms with E-state index < -0.39 is 0 Å². The van der Waals surface area contributed by atoms with Crippen molar-refractivity contribution in [1.29, 1.82) is 0 Å². The molecule has 1 N–H and O–H groups in total. The summed E-state index contributed by atoms with van der Waals surface area (Å²) in [6.07, 6.45) is 0.280. The number of hydrogen-bond donors (Lipinski definition) is 1. The molecule has 0 aromatic heterocycles.